The fraction of sp³-hybridized carbons (Fsp3) is 0.208. The third kappa shape index (κ3) is 5.54. The summed E-state index contributed by atoms with van der Waals surface area (Å²) in [6.45, 7) is 0. The van der Waals surface area contributed by atoms with Gasteiger partial charge in [-0.15, -0.1) is 0 Å². The molecule has 1 aliphatic heterocycles. The Morgan fingerprint density at radius 2 is 1.72 bits per heavy atom. The lowest BCUT2D eigenvalue weighted by Gasteiger charge is -2.36. The number of rotatable bonds is 4. The topological polar surface area (TPSA) is 78.5 Å². The van der Waals surface area contributed by atoms with Crippen LogP contribution in [0.4, 0.5) is 23.2 Å². The van der Waals surface area contributed by atoms with Gasteiger partial charge in [-0.25, -0.2) is 4.39 Å². The molecule has 12 heteroatoms. The lowest BCUT2D eigenvalue weighted by molar-refractivity contribution is -0.137. The summed E-state index contributed by atoms with van der Waals surface area (Å²) in [5, 5.41) is 2.34. The average molecular weight is 542 g/mol. The van der Waals surface area contributed by atoms with Gasteiger partial charge in [0.05, 0.1) is 10.6 Å². The molecule has 2 atom stereocenters. The summed E-state index contributed by atoms with van der Waals surface area (Å²) >= 11 is 5.76. The zero-order valence-corrected chi connectivity index (χ0v) is 20.3. The Kier molecular flexibility index (Phi) is 7.11. The quantitative estimate of drug-likeness (QED) is 0.435. The maximum atomic E-state index is 13.4. The normalized spacial score (nSPS) is 20.2. The highest BCUT2D eigenvalue weighted by atomic mass is 35.5. The third-order valence-corrected chi connectivity index (χ3v) is 7.75. The molecule has 1 saturated heterocycles. The van der Waals surface area contributed by atoms with Crippen LogP contribution in [0.15, 0.2) is 66.7 Å². The summed E-state index contributed by atoms with van der Waals surface area (Å²) in [5.41, 5.74) is 0.634. The second-order valence-electron chi connectivity index (χ2n) is 8.27. The summed E-state index contributed by atoms with van der Waals surface area (Å²) in [4.78, 5) is 13.0. The van der Waals surface area contributed by atoms with Crippen LogP contribution in [0.1, 0.15) is 23.6 Å². The third-order valence-electron chi connectivity index (χ3n) is 5.87. The molecule has 0 spiro atoms. The summed E-state index contributed by atoms with van der Waals surface area (Å²) in [7, 11) is -2.83. The molecule has 0 radical (unpaired) electrons. The Hall–Kier alpha value is -2.99. The maximum absolute atomic E-state index is 13.4. The van der Waals surface area contributed by atoms with E-state index in [1.165, 1.54) is 31.3 Å². The van der Waals surface area contributed by atoms with Crippen molar-refractivity contribution in [3.63, 3.8) is 0 Å². The monoisotopic (exact) mass is 541 g/mol. The zero-order chi connectivity index (χ0) is 26.3. The van der Waals surface area contributed by atoms with Crippen LogP contribution in [-0.2, 0) is 21.2 Å². The second kappa shape index (κ2) is 9.81. The van der Waals surface area contributed by atoms with Crippen LogP contribution in [-0.4, -0.2) is 31.7 Å². The number of halogens is 5. The predicted octanol–water partition coefficient (Wildman–Crippen LogP) is 5.38. The fourth-order valence-electron chi connectivity index (χ4n) is 3.94. The van der Waals surface area contributed by atoms with Gasteiger partial charge >= 0.3 is 6.18 Å². The number of nitrogens with one attached hydrogen (secondary N) is 2. The number of anilines is 1. The molecule has 3 aromatic carbocycles. The van der Waals surface area contributed by atoms with E-state index in [0.717, 1.165) is 22.5 Å². The van der Waals surface area contributed by atoms with E-state index in [-0.39, 0.29) is 17.1 Å². The first kappa shape index (κ1) is 26.1. The van der Waals surface area contributed by atoms with Crippen LogP contribution < -0.4 is 10.0 Å². The molecule has 0 saturated carbocycles. The predicted molar refractivity (Wildman–Crippen MR) is 128 cm³/mol. The molecule has 1 amide bonds. The van der Waals surface area contributed by atoms with Crippen molar-refractivity contribution in [1.29, 1.82) is 0 Å². The van der Waals surface area contributed by atoms with Crippen LogP contribution in [0.2, 0.25) is 5.02 Å². The Morgan fingerprint density at radius 3 is 2.39 bits per heavy atom. The number of carbonyl (C=O) groups excluding carboxylic acids is 1. The highest BCUT2D eigenvalue weighted by Crippen LogP contribution is 2.34. The summed E-state index contributed by atoms with van der Waals surface area (Å²) in [5.74, 6) is -1.32. The van der Waals surface area contributed by atoms with Crippen LogP contribution in [0, 0.1) is 5.82 Å². The van der Waals surface area contributed by atoms with E-state index in [4.69, 9.17) is 11.6 Å². The lowest BCUT2D eigenvalue weighted by Crippen LogP contribution is -2.55. The Labute approximate surface area is 210 Å². The molecule has 2 unspecified atom stereocenters. The number of hydrogen-bond donors (Lipinski definition) is 2. The molecule has 1 heterocycles. The van der Waals surface area contributed by atoms with Gasteiger partial charge in [-0.2, -0.15) is 30.6 Å². The summed E-state index contributed by atoms with van der Waals surface area (Å²) in [6.07, 6.45) is -4.48. The van der Waals surface area contributed by atoms with Crippen molar-refractivity contribution in [2.75, 3.05) is 12.4 Å². The minimum Gasteiger partial charge on any atom is -0.325 e. The van der Waals surface area contributed by atoms with Gasteiger partial charge in [-0.05, 0) is 59.5 Å². The van der Waals surface area contributed by atoms with E-state index in [2.05, 4.69) is 10.0 Å². The van der Waals surface area contributed by atoms with Crippen molar-refractivity contribution in [3.05, 3.63) is 88.7 Å². The minimum absolute atomic E-state index is 0.0303. The van der Waals surface area contributed by atoms with Crippen LogP contribution in [0.3, 0.4) is 0 Å². The number of benzene rings is 3. The highest BCUT2D eigenvalue weighted by Gasteiger charge is 2.40. The number of amides is 1. The second-order valence-corrected chi connectivity index (χ2v) is 10.4. The van der Waals surface area contributed by atoms with Gasteiger partial charge in [0.15, 0.2) is 0 Å². The van der Waals surface area contributed by atoms with Gasteiger partial charge in [0, 0.05) is 18.8 Å². The van der Waals surface area contributed by atoms with E-state index >= 15 is 0 Å². The first-order valence-electron chi connectivity index (χ1n) is 10.6. The molecule has 0 aliphatic carbocycles. The van der Waals surface area contributed by atoms with Crippen molar-refractivity contribution in [2.45, 2.75) is 24.7 Å². The molecule has 0 aromatic heterocycles. The van der Waals surface area contributed by atoms with Crippen LogP contribution in [0.25, 0.3) is 11.1 Å². The largest absolute Gasteiger partial charge is 0.416 e. The number of alkyl halides is 3. The van der Waals surface area contributed by atoms with Gasteiger partial charge in [-0.3, -0.25) is 4.79 Å². The van der Waals surface area contributed by atoms with Gasteiger partial charge in [-0.1, -0.05) is 41.9 Å². The van der Waals surface area contributed by atoms with E-state index in [9.17, 15) is 30.8 Å². The van der Waals surface area contributed by atoms with Crippen molar-refractivity contribution in [1.82, 2.24) is 9.03 Å². The van der Waals surface area contributed by atoms with E-state index in [1.54, 1.807) is 24.3 Å². The smallest absolute Gasteiger partial charge is 0.325 e. The number of carbonyl (C=O) groups is 1. The summed E-state index contributed by atoms with van der Waals surface area (Å²) < 4.78 is 81.8. The Balaban J connectivity index is 1.61. The van der Waals surface area contributed by atoms with Gasteiger partial charge in [0.2, 0.25) is 5.91 Å². The molecule has 4 rings (SSSR count). The molecular weight excluding hydrogens is 522 g/mol. The number of nitrogens with zero attached hydrogens (tertiary/aromatic N) is 1. The van der Waals surface area contributed by atoms with Crippen molar-refractivity contribution < 1.29 is 30.8 Å². The SMILES string of the molecule is CN1C(C(=O)Nc2ccc(F)c(Cl)c2)CC(c2cccc(-c3cccc(C(F)(F)F)c3)c2)NS1(=O)=O. The standard InChI is InChI=1S/C24H20ClF4N3O3S/c1-32-22(23(33)30-18-8-9-20(26)19(25)12-18)13-21(31-36(32,34)35)16-6-2-4-14(10-16)15-5-3-7-17(11-15)24(27,28)29/h2-12,21-22,31H,13H2,1H3,(H,30,33). The Morgan fingerprint density at radius 1 is 1.06 bits per heavy atom. The lowest BCUT2D eigenvalue weighted by atomic mass is 9.95. The van der Waals surface area contributed by atoms with Gasteiger partial charge in [0.25, 0.3) is 10.2 Å². The number of hydrogen-bond acceptors (Lipinski definition) is 3. The molecule has 6 nitrogen and oxygen atoms in total. The number of likely N-dealkylation sites (N-methyl/N-ethyl adjacent to an activating group) is 1. The highest BCUT2D eigenvalue weighted by molar-refractivity contribution is 7.87. The molecule has 36 heavy (non-hydrogen) atoms. The van der Waals surface area contributed by atoms with Gasteiger partial charge < -0.3 is 5.32 Å². The van der Waals surface area contributed by atoms with Gasteiger partial charge in [0.1, 0.15) is 11.9 Å². The molecule has 2 N–H and O–H groups in total. The van der Waals surface area contributed by atoms with Crippen molar-refractivity contribution in [2.24, 2.45) is 0 Å². The maximum Gasteiger partial charge on any atom is 0.416 e. The first-order valence-corrected chi connectivity index (χ1v) is 12.5. The van der Waals surface area contributed by atoms with Crippen LogP contribution in [0.5, 0.6) is 0 Å². The first-order chi connectivity index (χ1) is 16.8. The molecule has 190 valence electrons. The average Bonchev–Trinajstić information content (AvgIpc) is 2.82. The summed E-state index contributed by atoms with van der Waals surface area (Å²) in [6, 6.07) is 12.9. The molecular formula is C24H20ClF4N3O3S. The molecule has 1 fully saturated rings. The van der Waals surface area contributed by atoms with Crippen molar-refractivity contribution in [3.8, 4) is 11.1 Å². The van der Waals surface area contributed by atoms with Crippen molar-refractivity contribution >= 4 is 33.4 Å². The zero-order valence-electron chi connectivity index (χ0n) is 18.7. The fourth-order valence-corrected chi connectivity index (χ4v) is 5.39. The minimum atomic E-state index is -4.51. The van der Waals surface area contributed by atoms with E-state index in [0.29, 0.717) is 16.7 Å². The Bertz CT molecular complexity index is 1420. The van der Waals surface area contributed by atoms with E-state index < -0.39 is 45.8 Å². The van der Waals surface area contributed by atoms with E-state index in [1.807, 2.05) is 0 Å². The molecule has 0 bridgehead atoms. The molecule has 1 aliphatic rings. The molecule has 3 aromatic rings. The van der Waals surface area contributed by atoms with Crippen LogP contribution >= 0.6 is 11.6 Å².